The summed E-state index contributed by atoms with van der Waals surface area (Å²) in [7, 11) is 0. The minimum absolute atomic E-state index is 0.315. The fourth-order valence-electron chi connectivity index (χ4n) is 2.08. The molecule has 0 aliphatic heterocycles. The number of ether oxygens (including phenoxy) is 1. The van der Waals surface area contributed by atoms with Gasteiger partial charge in [-0.1, -0.05) is 42.5 Å². The van der Waals surface area contributed by atoms with Gasteiger partial charge in [0.25, 0.3) is 0 Å². The second-order valence-electron chi connectivity index (χ2n) is 5.02. The molecular weight excluding hydrogens is 266 g/mol. The highest BCUT2D eigenvalue weighted by Crippen LogP contribution is 2.21. The van der Waals surface area contributed by atoms with E-state index in [1.165, 1.54) is 0 Å². The fraction of sp³-hybridized carbons (Fsp3) is 0.235. The van der Waals surface area contributed by atoms with E-state index in [2.05, 4.69) is 0 Å². The average molecular weight is 285 g/mol. The molecule has 1 atom stereocenters. The Morgan fingerprint density at radius 1 is 1.19 bits per heavy atom. The van der Waals surface area contributed by atoms with Gasteiger partial charge in [-0.15, -0.1) is 0 Å². The van der Waals surface area contributed by atoms with Crippen molar-refractivity contribution in [1.82, 2.24) is 0 Å². The summed E-state index contributed by atoms with van der Waals surface area (Å²) in [5, 5.41) is 8.83. The predicted octanol–water partition coefficient (Wildman–Crippen LogP) is 2.53. The quantitative estimate of drug-likeness (QED) is 0.855. The molecule has 4 heteroatoms. The van der Waals surface area contributed by atoms with Crippen molar-refractivity contribution in [2.24, 2.45) is 5.73 Å². The molecule has 0 fully saturated rings. The van der Waals surface area contributed by atoms with Crippen molar-refractivity contribution >= 4 is 5.97 Å². The lowest BCUT2D eigenvalue weighted by Crippen LogP contribution is -2.32. The van der Waals surface area contributed by atoms with Crippen molar-refractivity contribution in [2.45, 2.75) is 26.0 Å². The minimum atomic E-state index is -0.989. The zero-order valence-electron chi connectivity index (χ0n) is 12.0. The Morgan fingerprint density at radius 3 is 2.52 bits per heavy atom. The summed E-state index contributed by atoms with van der Waals surface area (Å²) in [5.41, 5.74) is 8.52. The van der Waals surface area contributed by atoms with Gasteiger partial charge in [0.05, 0.1) is 0 Å². The second kappa shape index (κ2) is 6.90. The van der Waals surface area contributed by atoms with Crippen molar-refractivity contribution in [3.63, 3.8) is 0 Å². The second-order valence-corrected chi connectivity index (χ2v) is 5.02. The Labute approximate surface area is 124 Å². The van der Waals surface area contributed by atoms with E-state index in [1.54, 1.807) is 0 Å². The lowest BCUT2D eigenvalue weighted by molar-refractivity contribution is -0.138. The summed E-state index contributed by atoms with van der Waals surface area (Å²) < 4.78 is 5.78. The van der Waals surface area contributed by atoms with E-state index in [4.69, 9.17) is 15.6 Å². The van der Waals surface area contributed by atoms with E-state index in [0.29, 0.717) is 13.0 Å². The number of hydrogen-bond acceptors (Lipinski definition) is 3. The molecule has 2 rings (SSSR count). The van der Waals surface area contributed by atoms with E-state index in [0.717, 1.165) is 22.4 Å². The zero-order valence-corrected chi connectivity index (χ0v) is 12.0. The highest BCUT2D eigenvalue weighted by Gasteiger charge is 2.12. The van der Waals surface area contributed by atoms with E-state index in [-0.39, 0.29) is 0 Å². The first kappa shape index (κ1) is 15.1. The smallest absolute Gasteiger partial charge is 0.320 e. The molecule has 0 unspecified atom stereocenters. The molecule has 0 spiro atoms. The summed E-state index contributed by atoms with van der Waals surface area (Å²) in [5.74, 6) is -0.191. The first-order valence-corrected chi connectivity index (χ1v) is 6.81. The van der Waals surface area contributed by atoms with Gasteiger partial charge in [-0.05, 0) is 36.1 Å². The maximum atomic E-state index is 10.8. The van der Waals surface area contributed by atoms with Crippen molar-refractivity contribution in [3.8, 4) is 5.75 Å². The molecule has 0 aromatic heterocycles. The lowest BCUT2D eigenvalue weighted by atomic mass is 10.0. The van der Waals surface area contributed by atoms with Gasteiger partial charge in [0.15, 0.2) is 0 Å². The van der Waals surface area contributed by atoms with Crippen LogP contribution in [0, 0.1) is 6.92 Å². The number of aliphatic carboxylic acids is 1. The fourth-order valence-corrected chi connectivity index (χ4v) is 2.08. The number of benzene rings is 2. The van der Waals surface area contributed by atoms with Crippen molar-refractivity contribution < 1.29 is 14.6 Å². The van der Waals surface area contributed by atoms with Gasteiger partial charge in [-0.25, -0.2) is 0 Å². The van der Waals surface area contributed by atoms with Crippen LogP contribution in [0.5, 0.6) is 5.75 Å². The lowest BCUT2D eigenvalue weighted by Gasteiger charge is -2.12. The SMILES string of the molecule is Cc1cc(C[C@H](N)C(=O)O)ccc1OCc1ccccc1. The van der Waals surface area contributed by atoms with E-state index in [1.807, 2.05) is 55.5 Å². The molecule has 0 aliphatic rings. The summed E-state index contributed by atoms with van der Waals surface area (Å²) in [6.45, 7) is 2.45. The van der Waals surface area contributed by atoms with Gasteiger partial charge in [0.1, 0.15) is 18.4 Å². The van der Waals surface area contributed by atoms with Crippen molar-refractivity contribution in [1.29, 1.82) is 0 Å². The number of hydrogen-bond donors (Lipinski definition) is 2. The molecular formula is C17H19NO3. The summed E-state index contributed by atoms with van der Waals surface area (Å²) in [6.07, 6.45) is 0.315. The molecule has 0 aliphatic carbocycles. The molecule has 4 nitrogen and oxygen atoms in total. The molecule has 0 saturated carbocycles. The molecule has 3 N–H and O–H groups in total. The highest BCUT2D eigenvalue weighted by atomic mass is 16.5. The predicted molar refractivity (Wildman–Crippen MR) is 81.3 cm³/mol. The summed E-state index contributed by atoms with van der Waals surface area (Å²) in [6, 6.07) is 14.7. The van der Waals surface area contributed by atoms with Crippen LogP contribution in [-0.2, 0) is 17.8 Å². The van der Waals surface area contributed by atoms with Gasteiger partial charge in [0.2, 0.25) is 0 Å². The van der Waals surface area contributed by atoms with Crippen LogP contribution in [0.2, 0.25) is 0 Å². The van der Waals surface area contributed by atoms with E-state index < -0.39 is 12.0 Å². The number of carboxylic acids is 1. The molecule has 0 amide bonds. The normalized spacial score (nSPS) is 11.9. The molecule has 0 saturated heterocycles. The monoisotopic (exact) mass is 285 g/mol. The molecule has 2 aromatic rings. The standard InChI is InChI=1S/C17H19NO3/c1-12-9-14(10-15(18)17(19)20)7-8-16(12)21-11-13-5-3-2-4-6-13/h2-9,15H,10-11,18H2,1H3,(H,19,20)/t15-/m0/s1. The van der Waals surface area contributed by atoms with Gasteiger partial charge in [0, 0.05) is 0 Å². The Morgan fingerprint density at radius 2 is 1.90 bits per heavy atom. The van der Waals surface area contributed by atoms with Crippen LogP contribution in [0.1, 0.15) is 16.7 Å². The van der Waals surface area contributed by atoms with Gasteiger partial charge >= 0.3 is 5.97 Å². The van der Waals surface area contributed by atoms with Gasteiger partial charge < -0.3 is 15.6 Å². The zero-order chi connectivity index (χ0) is 15.2. The molecule has 0 radical (unpaired) electrons. The third-order valence-corrected chi connectivity index (χ3v) is 3.25. The van der Waals surface area contributed by atoms with Crippen LogP contribution >= 0.6 is 0 Å². The third kappa shape index (κ3) is 4.33. The number of carbonyl (C=O) groups is 1. The molecule has 0 bridgehead atoms. The topological polar surface area (TPSA) is 72.6 Å². The van der Waals surface area contributed by atoms with Crippen molar-refractivity contribution in [2.75, 3.05) is 0 Å². The maximum Gasteiger partial charge on any atom is 0.320 e. The first-order chi connectivity index (χ1) is 10.1. The van der Waals surface area contributed by atoms with Gasteiger partial charge in [-0.2, -0.15) is 0 Å². The Hall–Kier alpha value is -2.33. The van der Waals surface area contributed by atoms with Crippen LogP contribution in [0.3, 0.4) is 0 Å². The van der Waals surface area contributed by atoms with E-state index >= 15 is 0 Å². The summed E-state index contributed by atoms with van der Waals surface area (Å²) in [4.78, 5) is 10.8. The summed E-state index contributed by atoms with van der Waals surface area (Å²) >= 11 is 0. The molecule has 2 aromatic carbocycles. The Kier molecular flexibility index (Phi) is 4.95. The van der Waals surface area contributed by atoms with Crippen LogP contribution < -0.4 is 10.5 Å². The van der Waals surface area contributed by atoms with Gasteiger partial charge in [-0.3, -0.25) is 4.79 Å². The third-order valence-electron chi connectivity index (χ3n) is 3.25. The molecule has 0 heterocycles. The Bertz CT molecular complexity index is 611. The number of nitrogens with two attached hydrogens (primary N) is 1. The first-order valence-electron chi connectivity index (χ1n) is 6.81. The average Bonchev–Trinajstić information content (AvgIpc) is 2.47. The number of aryl methyl sites for hydroxylation is 1. The molecule has 21 heavy (non-hydrogen) atoms. The molecule has 110 valence electrons. The van der Waals surface area contributed by atoms with Crippen LogP contribution in [-0.4, -0.2) is 17.1 Å². The van der Waals surface area contributed by atoms with Crippen LogP contribution in [0.25, 0.3) is 0 Å². The minimum Gasteiger partial charge on any atom is -0.489 e. The van der Waals surface area contributed by atoms with Crippen molar-refractivity contribution in [3.05, 3.63) is 65.2 Å². The Balaban J connectivity index is 2.00. The number of carboxylic acid groups (broad SMARTS) is 1. The van der Waals surface area contributed by atoms with Crippen LogP contribution in [0.4, 0.5) is 0 Å². The highest BCUT2D eigenvalue weighted by molar-refractivity contribution is 5.73. The van der Waals surface area contributed by atoms with E-state index in [9.17, 15) is 4.79 Å². The number of rotatable bonds is 6. The van der Waals surface area contributed by atoms with Crippen LogP contribution in [0.15, 0.2) is 48.5 Å². The largest absolute Gasteiger partial charge is 0.489 e. The maximum absolute atomic E-state index is 10.8.